The minimum Gasteiger partial charge on any atom is -0.0651 e. The van der Waals surface area contributed by atoms with Gasteiger partial charge < -0.3 is 0 Å². The van der Waals surface area contributed by atoms with Gasteiger partial charge in [0.05, 0.1) is 0 Å². The second-order valence-electron chi connectivity index (χ2n) is 36.1. The molecule has 10 rings (SSSR count). The molecule has 0 nitrogen and oxygen atoms in total. The molecule has 0 heteroatoms. The van der Waals surface area contributed by atoms with Gasteiger partial charge in [-0.15, -0.1) is 0 Å². The summed E-state index contributed by atoms with van der Waals surface area (Å²) in [6.45, 7) is 67.6. The van der Waals surface area contributed by atoms with Gasteiger partial charge in [-0.05, 0) is 246 Å². The van der Waals surface area contributed by atoms with Crippen LogP contribution in [0.4, 0.5) is 0 Å². The van der Waals surface area contributed by atoms with Crippen LogP contribution < -0.4 is 0 Å². The summed E-state index contributed by atoms with van der Waals surface area (Å²) in [5, 5.41) is 0. The molecule has 0 spiro atoms. The van der Waals surface area contributed by atoms with Crippen molar-refractivity contribution >= 4 is 0 Å². The smallest absolute Gasteiger partial charge is 0.0288 e. The quantitative estimate of drug-likeness (QED) is 0.257. The van der Waals surface area contributed by atoms with Crippen LogP contribution in [0, 0.1) is 137 Å². The Morgan fingerprint density at radius 2 is 0.851 bits per heavy atom. The van der Waals surface area contributed by atoms with Gasteiger partial charge in [-0.25, -0.2) is 0 Å². The summed E-state index contributed by atoms with van der Waals surface area (Å²) in [5.41, 5.74) is 5.78. The van der Waals surface area contributed by atoms with Gasteiger partial charge in [-0.2, -0.15) is 0 Å². The lowest BCUT2D eigenvalue weighted by molar-refractivity contribution is 0.104. The molecule has 438 valence electrons. The van der Waals surface area contributed by atoms with Gasteiger partial charge in [0.25, 0.3) is 0 Å². The van der Waals surface area contributed by atoms with Crippen molar-refractivity contribution in [3.63, 3.8) is 0 Å². The number of fused-ring (bicyclic) bond motifs is 6. The topological polar surface area (TPSA) is 0 Å². The highest BCUT2D eigenvalue weighted by Crippen LogP contribution is 2.62. The van der Waals surface area contributed by atoms with Crippen molar-refractivity contribution in [2.45, 2.75) is 335 Å². The van der Waals surface area contributed by atoms with E-state index in [1.54, 1.807) is 32.1 Å². The molecule has 6 bridgehead atoms. The van der Waals surface area contributed by atoms with E-state index in [9.17, 15) is 0 Å². The van der Waals surface area contributed by atoms with Crippen molar-refractivity contribution in [2.75, 3.05) is 0 Å². The van der Waals surface area contributed by atoms with E-state index in [-0.39, 0.29) is 0 Å². The van der Waals surface area contributed by atoms with Crippen LogP contribution in [0.25, 0.3) is 0 Å². The molecule has 10 saturated carbocycles. The first-order valence-corrected chi connectivity index (χ1v) is 33.6. The van der Waals surface area contributed by atoms with Gasteiger partial charge in [0.15, 0.2) is 0 Å². The van der Waals surface area contributed by atoms with Crippen LogP contribution in [0.2, 0.25) is 0 Å². The highest BCUT2D eigenvalue weighted by atomic mass is 14.6. The molecular formula is C74H142. The Morgan fingerprint density at radius 1 is 0.419 bits per heavy atom. The Kier molecular flexibility index (Phi) is 22.1. The van der Waals surface area contributed by atoms with E-state index in [1.807, 2.05) is 0 Å². The fourth-order valence-electron chi connectivity index (χ4n) is 21.1. The summed E-state index contributed by atoms with van der Waals surface area (Å²) in [4.78, 5) is 0. The lowest BCUT2D eigenvalue weighted by Gasteiger charge is -2.38. The Hall–Kier alpha value is 0. The first-order chi connectivity index (χ1) is 33.6. The summed E-state index contributed by atoms with van der Waals surface area (Å²) in [6, 6.07) is 0. The Labute approximate surface area is 469 Å². The van der Waals surface area contributed by atoms with Gasteiger partial charge in [0, 0.05) is 0 Å². The summed E-state index contributed by atoms with van der Waals surface area (Å²) in [6.07, 6.45) is 32.3. The monoisotopic (exact) mass is 1030 g/mol. The fourth-order valence-corrected chi connectivity index (χ4v) is 21.1. The standard InChI is InChI=1S/2C12H24.2C11H22.C10H18.2C9H16/c1-9(2)10-11(3,4)7-8-12(10,5)6;1-7-12(6)8-10(2,3)11(4,5)9-12;1-6-9-7-10(2,3)11(4,5)8-9;1-6-9-10(2,3)7-8-11(9,4)5;1-7-8-4-5-9(6-8)10(7,2)3;1-6-7(2)9-4-3-8(6)5-9;1-2-8-5-7-3-4-9(8)6-7/h9-10H,7-8H2,1-6H3;7-9H2,1-6H3;2*9H,6-8H2,1-5H3;7-9H,4-6H2,1-3H3;6-9H,3-5H2,1-2H3;7-9H,2-6H2,1H3/t;;;;7-,8?,9?;6-,7?,8?,9?;/m....10./s1. The third kappa shape index (κ3) is 15.3. The summed E-state index contributed by atoms with van der Waals surface area (Å²) in [5.74, 6) is 14.5. The van der Waals surface area contributed by atoms with Crippen LogP contribution in [-0.4, -0.2) is 0 Å². The number of rotatable bonds is 5. The molecule has 10 fully saturated rings. The zero-order valence-corrected chi connectivity index (χ0v) is 56.6. The predicted molar refractivity (Wildman–Crippen MR) is 334 cm³/mol. The van der Waals surface area contributed by atoms with Crippen molar-refractivity contribution < 1.29 is 0 Å². The number of hydrogen-bond acceptors (Lipinski definition) is 0. The molecule has 0 radical (unpaired) electrons. The van der Waals surface area contributed by atoms with Crippen molar-refractivity contribution in [1.29, 1.82) is 0 Å². The van der Waals surface area contributed by atoms with Crippen LogP contribution in [-0.2, 0) is 0 Å². The van der Waals surface area contributed by atoms with Crippen molar-refractivity contribution in [2.24, 2.45) is 137 Å². The third-order valence-electron chi connectivity index (χ3n) is 27.5. The molecule has 0 aromatic heterocycles. The Morgan fingerprint density at radius 3 is 1.07 bits per heavy atom. The Bertz CT molecular complexity index is 1590. The molecule has 74 heavy (non-hydrogen) atoms. The minimum absolute atomic E-state index is 0.526. The van der Waals surface area contributed by atoms with Crippen molar-refractivity contribution in [3.05, 3.63) is 0 Å². The lowest BCUT2D eigenvalue weighted by Crippen LogP contribution is -2.31. The summed E-state index contributed by atoms with van der Waals surface area (Å²) < 4.78 is 0. The largest absolute Gasteiger partial charge is 0.0651 e. The number of hydrogen-bond donors (Lipinski definition) is 0. The fraction of sp³-hybridized carbons (Fsp3) is 1.00. The van der Waals surface area contributed by atoms with Gasteiger partial charge >= 0.3 is 0 Å². The predicted octanol–water partition coefficient (Wildman–Crippen LogP) is 24.7. The van der Waals surface area contributed by atoms with E-state index in [0.717, 1.165) is 82.9 Å². The van der Waals surface area contributed by atoms with E-state index in [4.69, 9.17) is 0 Å². The molecule has 10 aliphatic carbocycles. The van der Waals surface area contributed by atoms with Crippen LogP contribution in [0.5, 0.6) is 0 Å². The van der Waals surface area contributed by atoms with Crippen LogP contribution in [0.3, 0.4) is 0 Å². The maximum absolute atomic E-state index is 2.46. The molecule has 8 unspecified atom stereocenters. The molecule has 10 aliphatic rings. The Balaban J connectivity index is 0.000000187. The molecule has 0 heterocycles. The van der Waals surface area contributed by atoms with E-state index in [2.05, 4.69) is 194 Å². The second-order valence-corrected chi connectivity index (χ2v) is 36.1. The lowest BCUT2D eigenvalue weighted by atomic mass is 9.67. The average molecular weight is 1030 g/mol. The van der Waals surface area contributed by atoms with E-state index < -0.39 is 0 Å². The minimum atomic E-state index is 0.526. The zero-order chi connectivity index (χ0) is 56.6. The zero-order valence-electron chi connectivity index (χ0n) is 56.6. The SMILES string of the molecule is CC(C)C1C(C)(C)CCC1(C)C.CC1C2CCC(C2)[C@H]1C.CCC1(C)CC(C)(C)C(C)(C)C1.CCC1C(C)(C)CCC1(C)C.CCC1CC(C)(C)C(C)(C)C1.CCC1CC2CCC1C2.C[C@@H]1C2CCC(C2)C1(C)C. The van der Waals surface area contributed by atoms with E-state index in [0.29, 0.717) is 54.1 Å². The third-order valence-corrected chi connectivity index (χ3v) is 27.5. The summed E-state index contributed by atoms with van der Waals surface area (Å²) >= 11 is 0. The van der Waals surface area contributed by atoms with Gasteiger partial charge in [0.1, 0.15) is 0 Å². The molecule has 0 saturated heterocycles. The first-order valence-electron chi connectivity index (χ1n) is 33.6. The van der Waals surface area contributed by atoms with Crippen LogP contribution in [0.1, 0.15) is 335 Å². The van der Waals surface area contributed by atoms with Crippen molar-refractivity contribution in [3.8, 4) is 0 Å². The highest BCUT2D eigenvalue weighted by molar-refractivity contribution is 5.03. The van der Waals surface area contributed by atoms with Gasteiger partial charge in [-0.3, -0.25) is 0 Å². The van der Waals surface area contributed by atoms with Crippen LogP contribution >= 0.6 is 0 Å². The average Bonchev–Trinajstić information content (AvgIpc) is 4.17. The second kappa shape index (κ2) is 24.6. The van der Waals surface area contributed by atoms with Gasteiger partial charge in [0.2, 0.25) is 0 Å². The molecule has 0 amide bonds. The molecule has 0 aromatic carbocycles. The maximum atomic E-state index is 2.46. The molecule has 0 N–H and O–H groups in total. The van der Waals surface area contributed by atoms with E-state index >= 15 is 0 Å². The van der Waals surface area contributed by atoms with E-state index in [1.165, 1.54) is 109 Å². The maximum Gasteiger partial charge on any atom is -0.0288 e. The van der Waals surface area contributed by atoms with Crippen molar-refractivity contribution in [1.82, 2.24) is 0 Å². The van der Waals surface area contributed by atoms with Crippen LogP contribution in [0.15, 0.2) is 0 Å². The van der Waals surface area contributed by atoms with Gasteiger partial charge in [-0.1, -0.05) is 226 Å². The molecule has 0 aromatic rings. The molecule has 0 aliphatic heterocycles. The molecular weight excluding hydrogens is 889 g/mol. The first kappa shape index (κ1) is 66.5. The normalized spacial score (nSPS) is 37.7. The summed E-state index contributed by atoms with van der Waals surface area (Å²) in [7, 11) is 0. The molecule has 10 atom stereocenters. The highest BCUT2D eigenvalue weighted by Gasteiger charge is 2.53.